The molecule has 0 aromatic carbocycles. The third-order valence-electron chi connectivity index (χ3n) is 1.99. The second kappa shape index (κ2) is 3.93. The Balaban J connectivity index is 2.42. The van der Waals surface area contributed by atoms with Crippen molar-refractivity contribution in [3.8, 4) is 0 Å². The van der Waals surface area contributed by atoms with Crippen LogP contribution in [0.3, 0.4) is 0 Å². The molecule has 8 heteroatoms. The fourth-order valence-electron chi connectivity index (χ4n) is 1.23. The maximum atomic E-state index is 11.7. The van der Waals surface area contributed by atoms with E-state index < -0.39 is 17.0 Å². The van der Waals surface area contributed by atoms with Crippen LogP contribution in [0.15, 0.2) is 23.4 Å². The molecule has 0 saturated carbocycles. The van der Waals surface area contributed by atoms with Crippen LogP contribution in [0.2, 0.25) is 0 Å². The quantitative estimate of drug-likeness (QED) is 0.739. The summed E-state index contributed by atoms with van der Waals surface area (Å²) in [5.41, 5.74) is -0.0916. The molecule has 1 N–H and O–H groups in total. The lowest BCUT2D eigenvalue weighted by Crippen LogP contribution is -2.28. The van der Waals surface area contributed by atoms with Gasteiger partial charge in [-0.2, -0.15) is 0 Å². The van der Waals surface area contributed by atoms with E-state index >= 15 is 0 Å². The van der Waals surface area contributed by atoms with Crippen LogP contribution in [-0.4, -0.2) is 35.6 Å². The van der Waals surface area contributed by atoms with E-state index in [1.54, 1.807) is 0 Å². The Morgan fingerprint density at radius 1 is 1.62 bits per heavy atom. The zero-order valence-electron chi connectivity index (χ0n) is 7.95. The summed E-state index contributed by atoms with van der Waals surface area (Å²) in [4.78, 5) is 26.0. The molecule has 7 nitrogen and oxygen atoms in total. The van der Waals surface area contributed by atoms with Gasteiger partial charge in [0.1, 0.15) is 0 Å². The Kier molecular flexibility index (Phi) is 2.61. The van der Waals surface area contributed by atoms with Gasteiger partial charge in [-0.25, -0.2) is 13.9 Å². The molecule has 0 saturated heterocycles. The summed E-state index contributed by atoms with van der Waals surface area (Å²) in [5.74, 6) is -1.19. The number of carbonyl (C=O) groups is 1. The minimum atomic E-state index is -1.19. The van der Waals surface area contributed by atoms with Crippen LogP contribution in [0.25, 0.3) is 5.65 Å². The van der Waals surface area contributed by atoms with Crippen LogP contribution >= 0.6 is 11.6 Å². The van der Waals surface area contributed by atoms with Gasteiger partial charge in [-0.15, -0.1) is 16.7 Å². The second-order valence-corrected chi connectivity index (χ2v) is 3.60. The van der Waals surface area contributed by atoms with Crippen molar-refractivity contribution in [3.63, 3.8) is 0 Å². The van der Waals surface area contributed by atoms with Crippen molar-refractivity contribution in [1.29, 1.82) is 0 Å². The number of aliphatic carboxylic acids is 1. The Morgan fingerprint density at radius 3 is 3.00 bits per heavy atom. The van der Waals surface area contributed by atoms with Crippen LogP contribution in [0.1, 0.15) is 0 Å². The number of carboxylic acid groups (broad SMARTS) is 1. The molecule has 1 atom stereocenters. The third kappa shape index (κ3) is 1.76. The van der Waals surface area contributed by atoms with Crippen LogP contribution in [0.4, 0.5) is 0 Å². The fourth-order valence-corrected chi connectivity index (χ4v) is 1.36. The first-order valence-electron chi connectivity index (χ1n) is 4.35. The average molecular weight is 243 g/mol. The maximum Gasteiger partial charge on any atom is 0.350 e. The number of fused-ring (bicyclic) bond motifs is 1. The van der Waals surface area contributed by atoms with Gasteiger partial charge in [-0.05, 0) is 0 Å². The highest BCUT2D eigenvalue weighted by Gasteiger charge is 2.17. The summed E-state index contributed by atoms with van der Waals surface area (Å²) >= 11 is 5.53. The third-order valence-corrected chi connectivity index (χ3v) is 2.31. The van der Waals surface area contributed by atoms with E-state index in [4.69, 9.17) is 16.7 Å². The smallest absolute Gasteiger partial charge is 0.350 e. The Morgan fingerprint density at radius 2 is 2.38 bits per heavy atom. The first-order chi connectivity index (χ1) is 7.59. The summed E-state index contributed by atoms with van der Waals surface area (Å²) < 4.78 is 2.27. The lowest BCUT2D eigenvalue weighted by molar-refractivity contribution is -0.136. The molecule has 0 aliphatic carbocycles. The minimum Gasteiger partial charge on any atom is -0.480 e. The summed E-state index contributed by atoms with van der Waals surface area (Å²) in [5, 5.41) is 11.3. The lowest BCUT2D eigenvalue weighted by atomic mass is 10.4. The molecule has 0 radical (unpaired) electrons. The van der Waals surface area contributed by atoms with Crippen molar-refractivity contribution in [2.24, 2.45) is 0 Å². The van der Waals surface area contributed by atoms with Crippen molar-refractivity contribution in [2.75, 3.05) is 0 Å². The Hall–Kier alpha value is -1.89. The van der Waals surface area contributed by atoms with Crippen LogP contribution in [-0.2, 0) is 11.3 Å². The Labute approximate surface area is 93.9 Å². The van der Waals surface area contributed by atoms with Crippen LogP contribution < -0.4 is 5.69 Å². The maximum absolute atomic E-state index is 11.7. The average Bonchev–Trinajstić information content (AvgIpc) is 2.56. The van der Waals surface area contributed by atoms with Gasteiger partial charge in [0.15, 0.2) is 11.0 Å². The lowest BCUT2D eigenvalue weighted by Gasteiger charge is -2.01. The van der Waals surface area contributed by atoms with E-state index in [1.807, 2.05) is 0 Å². The summed E-state index contributed by atoms with van der Waals surface area (Å²) in [6.45, 7) is -0.183. The van der Waals surface area contributed by atoms with Crippen molar-refractivity contribution < 1.29 is 9.90 Å². The van der Waals surface area contributed by atoms with E-state index in [2.05, 4.69) is 10.1 Å². The van der Waals surface area contributed by atoms with Crippen molar-refractivity contribution in [2.45, 2.75) is 11.9 Å². The van der Waals surface area contributed by atoms with Gasteiger partial charge < -0.3 is 5.11 Å². The molecule has 0 aliphatic rings. The molecule has 0 amide bonds. The van der Waals surface area contributed by atoms with Crippen LogP contribution in [0, 0.1) is 0 Å². The number of hydrogen-bond donors (Lipinski definition) is 1. The summed E-state index contributed by atoms with van der Waals surface area (Å²) in [6.07, 6.45) is 4.29. The number of nitrogens with zero attached hydrogens (tertiary/aromatic N) is 4. The molecular weight excluding hydrogens is 236 g/mol. The van der Waals surface area contributed by atoms with E-state index in [-0.39, 0.29) is 6.54 Å². The highest BCUT2D eigenvalue weighted by Crippen LogP contribution is 1.99. The van der Waals surface area contributed by atoms with Gasteiger partial charge in [0.25, 0.3) is 0 Å². The van der Waals surface area contributed by atoms with Gasteiger partial charge in [0.2, 0.25) is 0 Å². The van der Waals surface area contributed by atoms with E-state index in [1.165, 1.54) is 23.0 Å². The van der Waals surface area contributed by atoms with E-state index in [0.29, 0.717) is 5.65 Å². The molecule has 0 aliphatic heterocycles. The van der Waals surface area contributed by atoms with E-state index in [9.17, 15) is 9.59 Å². The van der Waals surface area contributed by atoms with Gasteiger partial charge in [-0.1, -0.05) is 0 Å². The molecule has 2 aromatic rings. The van der Waals surface area contributed by atoms with Crippen LogP contribution in [0.5, 0.6) is 0 Å². The normalized spacial score (nSPS) is 12.8. The molecule has 2 heterocycles. The fraction of sp³-hybridized carbons (Fsp3) is 0.250. The standard InChI is InChI=1S/C8H7ClN4O3/c9-5(7(14)15)4-13-8(16)12-2-1-10-3-6(12)11-13/h1-3,5H,4H2,(H,14,15). The number of carboxylic acids is 1. The number of halogens is 1. The molecule has 2 rings (SSSR count). The zero-order chi connectivity index (χ0) is 11.7. The molecular formula is C8H7ClN4O3. The summed E-state index contributed by atoms with van der Waals surface area (Å²) in [7, 11) is 0. The van der Waals surface area contributed by atoms with Gasteiger partial charge in [-0.3, -0.25) is 9.78 Å². The number of hydrogen-bond acceptors (Lipinski definition) is 4. The molecule has 2 aromatic heterocycles. The number of alkyl halides is 1. The number of aromatic nitrogens is 4. The van der Waals surface area contributed by atoms with Crippen molar-refractivity contribution in [1.82, 2.24) is 19.2 Å². The SMILES string of the molecule is O=C(O)C(Cl)Cn1nc2cnccn2c1=O. The predicted octanol–water partition coefficient (Wildman–Crippen LogP) is -0.417. The predicted molar refractivity (Wildman–Crippen MR) is 54.5 cm³/mol. The van der Waals surface area contributed by atoms with E-state index in [0.717, 1.165) is 4.68 Å². The summed E-state index contributed by atoms with van der Waals surface area (Å²) in [6, 6.07) is 0. The minimum absolute atomic E-state index is 0.183. The van der Waals surface area contributed by atoms with Crippen molar-refractivity contribution >= 4 is 23.2 Å². The van der Waals surface area contributed by atoms with Gasteiger partial charge in [0, 0.05) is 12.4 Å². The number of rotatable bonds is 3. The molecule has 0 bridgehead atoms. The largest absolute Gasteiger partial charge is 0.480 e. The molecule has 0 spiro atoms. The first-order valence-corrected chi connectivity index (χ1v) is 4.79. The highest BCUT2D eigenvalue weighted by atomic mass is 35.5. The zero-order valence-corrected chi connectivity index (χ0v) is 8.70. The monoisotopic (exact) mass is 242 g/mol. The topological polar surface area (TPSA) is 89.5 Å². The first kappa shape index (κ1) is 10.6. The molecule has 84 valence electrons. The molecule has 1 unspecified atom stereocenters. The highest BCUT2D eigenvalue weighted by molar-refractivity contribution is 6.29. The van der Waals surface area contributed by atoms with Crippen molar-refractivity contribution in [3.05, 3.63) is 29.1 Å². The molecule has 16 heavy (non-hydrogen) atoms. The van der Waals surface area contributed by atoms with Gasteiger partial charge >= 0.3 is 11.7 Å². The Bertz CT molecular complexity index is 590. The van der Waals surface area contributed by atoms with Gasteiger partial charge in [0.05, 0.1) is 12.7 Å². The second-order valence-electron chi connectivity index (χ2n) is 3.07. The molecule has 0 fully saturated rings.